The fraction of sp³-hybridized carbons (Fsp3) is 0.263. The molecule has 0 aliphatic carbocycles. The van der Waals surface area contributed by atoms with Crippen LogP contribution in [0.1, 0.15) is 18.9 Å². The summed E-state index contributed by atoms with van der Waals surface area (Å²) in [6.45, 7) is 2.30. The Hall–Kier alpha value is -2.53. The monoisotopic (exact) mass is 360 g/mol. The Labute approximate surface area is 152 Å². The molecule has 0 saturated carbocycles. The number of nitrogens with one attached hydrogen (secondary N) is 1. The predicted molar refractivity (Wildman–Crippen MR) is 98.8 cm³/mol. The van der Waals surface area contributed by atoms with Gasteiger partial charge >= 0.3 is 0 Å². The fourth-order valence-corrected chi connectivity index (χ4v) is 2.42. The third kappa shape index (κ3) is 6.12. The van der Waals surface area contributed by atoms with Gasteiger partial charge in [-0.2, -0.15) is 0 Å². The summed E-state index contributed by atoms with van der Waals surface area (Å²) in [5.74, 6) is 0.541. The number of halogens is 1. The maximum Gasteiger partial charge on any atom is 0.226 e. The summed E-state index contributed by atoms with van der Waals surface area (Å²) in [5, 5.41) is 3.40. The third-order valence-corrected chi connectivity index (χ3v) is 3.97. The van der Waals surface area contributed by atoms with Crippen molar-refractivity contribution in [2.24, 2.45) is 0 Å². The Morgan fingerprint density at radius 2 is 1.72 bits per heavy atom. The van der Waals surface area contributed by atoms with Crippen molar-refractivity contribution in [1.29, 1.82) is 0 Å². The van der Waals surface area contributed by atoms with Gasteiger partial charge in [0.2, 0.25) is 11.8 Å². The zero-order chi connectivity index (χ0) is 18.2. The SMILES string of the molecule is COc1ccc(CN(CCC(=O)Nc2ccc(Cl)cc2)C(C)=O)cc1. The van der Waals surface area contributed by atoms with Gasteiger partial charge in [0.15, 0.2) is 0 Å². The number of carbonyl (C=O) groups excluding carboxylic acids is 2. The molecule has 0 aliphatic rings. The second-order valence-corrected chi connectivity index (χ2v) is 6.03. The maximum atomic E-state index is 12.1. The van der Waals surface area contributed by atoms with Crippen LogP contribution >= 0.6 is 11.6 Å². The molecule has 0 aromatic heterocycles. The van der Waals surface area contributed by atoms with Crippen LogP contribution < -0.4 is 10.1 Å². The topological polar surface area (TPSA) is 58.6 Å². The first kappa shape index (κ1) is 18.8. The van der Waals surface area contributed by atoms with E-state index in [2.05, 4.69) is 5.32 Å². The third-order valence-electron chi connectivity index (χ3n) is 3.71. The van der Waals surface area contributed by atoms with E-state index in [4.69, 9.17) is 16.3 Å². The molecule has 0 aliphatic heterocycles. The largest absolute Gasteiger partial charge is 0.497 e. The van der Waals surface area contributed by atoms with Crippen molar-refractivity contribution in [2.75, 3.05) is 19.0 Å². The van der Waals surface area contributed by atoms with Crippen molar-refractivity contribution in [3.63, 3.8) is 0 Å². The van der Waals surface area contributed by atoms with Crippen molar-refractivity contribution in [1.82, 2.24) is 4.90 Å². The Balaban J connectivity index is 1.88. The number of carbonyl (C=O) groups is 2. The molecule has 25 heavy (non-hydrogen) atoms. The Bertz CT molecular complexity index is 714. The van der Waals surface area contributed by atoms with Gasteiger partial charge in [-0.25, -0.2) is 0 Å². The molecular weight excluding hydrogens is 340 g/mol. The van der Waals surface area contributed by atoms with Gasteiger partial charge in [0.1, 0.15) is 5.75 Å². The molecule has 0 spiro atoms. The molecule has 0 fully saturated rings. The van der Waals surface area contributed by atoms with Crippen molar-refractivity contribution in [2.45, 2.75) is 19.9 Å². The normalized spacial score (nSPS) is 10.2. The molecule has 0 bridgehead atoms. The van der Waals surface area contributed by atoms with E-state index in [1.807, 2.05) is 24.3 Å². The number of benzene rings is 2. The van der Waals surface area contributed by atoms with Crippen LogP contribution in [0.4, 0.5) is 5.69 Å². The first-order valence-corrected chi connectivity index (χ1v) is 8.29. The van der Waals surface area contributed by atoms with E-state index in [9.17, 15) is 9.59 Å². The molecule has 0 saturated heterocycles. The van der Waals surface area contributed by atoms with Crippen LogP contribution in [-0.2, 0) is 16.1 Å². The number of rotatable bonds is 7. The van der Waals surface area contributed by atoms with E-state index in [-0.39, 0.29) is 18.2 Å². The van der Waals surface area contributed by atoms with Crippen molar-refractivity contribution < 1.29 is 14.3 Å². The predicted octanol–water partition coefficient (Wildman–Crippen LogP) is 3.73. The highest BCUT2D eigenvalue weighted by Gasteiger charge is 2.12. The quantitative estimate of drug-likeness (QED) is 0.818. The van der Waals surface area contributed by atoms with Crippen LogP contribution in [0.3, 0.4) is 0 Å². The van der Waals surface area contributed by atoms with E-state index in [0.29, 0.717) is 23.8 Å². The number of hydrogen-bond donors (Lipinski definition) is 1. The van der Waals surface area contributed by atoms with Crippen molar-refractivity contribution in [3.8, 4) is 5.75 Å². The molecule has 2 amide bonds. The lowest BCUT2D eigenvalue weighted by Gasteiger charge is -2.21. The van der Waals surface area contributed by atoms with E-state index >= 15 is 0 Å². The second-order valence-electron chi connectivity index (χ2n) is 5.59. The second kappa shape index (κ2) is 9.08. The van der Waals surface area contributed by atoms with Crippen LogP contribution in [0.25, 0.3) is 0 Å². The minimum atomic E-state index is -0.150. The summed E-state index contributed by atoms with van der Waals surface area (Å²) in [5.41, 5.74) is 1.66. The van der Waals surface area contributed by atoms with E-state index in [0.717, 1.165) is 11.3 Å². The molecule has 5 nitrogen and oxygen atoms in total. The highest BCUT2D eigenvalue weighted by atomic mass is 35.5. The summed E-state index contributed by atoms with van der Waals surface area (Å²) >= 11 is 5.82. The average molecular weight is 361 g/mol. The zero-order valence-corrected chi connectivity index (χ0v) is 15.0. The molecule has 0 heterocycles. The van der Waals surface area contributed by atoms with Gasteiger partial charge in [-0.1, -0.05) is 23.7 Å². The van der Waals surface area contributed by atoms with Crippen LogP contribution in [0.15, 0.2) is 48.5 Å². The Morgan fingerprint density at radius 1 is 1.08 bits per heavy atom. The van der Waals surface area contributed by atoms with Gasteiger partial charge in [-0.05, 0) is 42.0 Å². The van der Waals surface area contributed by atoms with Crippen LogP contribution in [0.5, 0.6) is 5.75 Å². The molecule has 0 radical (unpaired) electrons. The first-order chi connectivity index (χ1) is 12.0. The summed E-state index contributed by atoms with van der Waals surface area (Å²) in [7, 11) is 1.61. The average Bonchev–Trinajstić information content (AvgIpc) is 2.61. The van der Waals surface area contributed by atoms with Crippen LogP contribution in [0.2, 0.25) is 5.02 Å². The van der Waals surface area contributed by atoms with Gasteiger partial charge in [-0.15, -0.1) is 0 Å². The lowest BCUT2D eigenvalue weighted by Crippen LogP contribution is -2.31. The zero-order valence-electron chi connectivity index (χ0n) is 14.3. The highest BCUT2D eigenvalue weighted by molar-refractivity contribution is 6.30. The highest BCUT2D eigenvalue weighted by Crippen LogP contribution is 2.15. The molecule has 2 rings (SSSR count). The van der Waals surface area contributed by atoms with Crippen molar-refractivity contribution >= 4 is 29.1 Å². The Kier molecular flexibility index (Phi) is 6.83. The minimum absolute atomic E-state index is 0.0740. The summed E-state index contributed by atoms with van der Waals surface area (Å²) in [6, 6.07) is 14.4. The number of ether oxygens (including phenoxy) is 1. The number of anilines is 1. The molecular formula is C19H21ClN2O3. The molecule has 1 N–H and O–H groups in total. The first-order valence-electron chi connectivity index (χ1n) is 7.92. The van der Waals surface area contributed by atoms with Crippen molar-refractivity contribution in [3.05, 3.63) is 59.1 Å². The van der Waals surface area contributed by atoms with Gasteiger partial charge < -0.3 is 15.0 Å². The molecule has 0 atom stereocenters. The maximum absolute atomic E-state index is 12.1. The van der Waals surface area contributed by atoms with Gasteiger partial charge in [-0.3, -0.25) is 9.59 Å². The minimum Gasteiger partial charge on any atom is -0.497 e. The molecule has 132 valence electrons. The summed E-state index contributed by atoms with van der Waals surface area (Å²) in [6.07, 6.45) is 0.221. The standard InChI is InChI=1S/C19H21ClN2O3/c1-14(23)22(13-15-3-9-18(25-2)10-4-15)12-11-19(24)21-17-7-5-16(20)6-8-17/h3-10H,11-13H2,1-2H3,(H,21,24). The Morgan fingerprint density at radius 3 is 2.28 bits per heavy atom. The van der Waals surface area contributed by atoms with E-state index in [1.165, 1.54) is 6.92 Å². The van der Waals surface area contributed by atoms with E-state index < -0.39 is 0 Å². The lowest BCUT2D eigenvalue weighted by atomic mass is 10.2. The summed E-state index contributed by atoms with van der Waals surface area (Å²) < 4.78 is 5.12. The van der Waals surface area contributed by atoms with Crippen LogP contribution in [-0.4, -0.2) is 30.4 Å². The number of methoxy groups -OCH3 is 1. The molecule has 2 aromatic rings. The molecule has 0 unspecified atom stereocenters. The molecule has 2 aromatic carbocycles. The lowest BCUT2D eigenvalue weighted by molar-refractivity contribution is -0.129. The number of amides is 2. The number of nitrogens with zero attached hydrogens (tertiary/aromatic N) is 1. The van der Waals surface area contributed by atoms with Crippen LogP contribution in [0, 0.1) is 0 Å². The van der Waals surface area contributed by atoms with Gasteiger partial charge in [0.05, 0.1) is 7.11 Å². The molecule has 6 heteroatoms. The van der Waals surface area contributed by atoms with Gasteiger partial charge in [0.25, 0.3) is 0 Å². The summed E-state index contributed by atoms with van der Waals surface area (Å²) in [4.78, 5) is 25.5. The fourth-order valence-electron chi connectivity index (χ4n) is 2.29. The number of hydrogen-bond acceptors (Lipinski definition) is 3. The van der Waals surface area contributed by atoms with E-state index in [1.54, 1.807) is 36.3 Å². The van der Waals surface area contributed by atoms with Gasteiger partial charge in [0, 0.05) is 37.1 Å². The smallest absolute Gasteiger partial charge is 0.226 e.